The standard InChI is InChI=1S/C11H17N3O2/c1-8(6-12)10(15)14-7-9-4-3-5-13-11(9)16-2/h3-5,8H,6-7,12H2,1-2H3,(H,14,15). The van der Waals surface area contributed by atoms with E-state index in [1.807, 2.05) is 6.07 Å². The highest BCUT2D eigenvalue weighted by molar-refractivity contribution is 5.78. The molecule has 0 aliphatic heterocycles. The van der Waals surface area contributed by atoms with Gasteiger partial charge in [-0.25, -0.2) is 4.98 Å². The number of nitrogens with two attached hydrogens (primary N) is 1. The van der Waals surface area contributed by atoms with E-state index < -0.39 is 0 Å². The molecule has 5 nitrogen and oxygen atoms in total. The summed E-state index contributed by atoms with van der Waals surface area (Å²) in [5.74, 6) is 0.291. The first-order chi connectivity index (χ1) is 7.69. The van der Waals surface area contributed by atoms with Crippen LogP contribution in [0.25, 0.3) is 0 Å². The predicted octanol–water partition coefficient (Wildman–Crippen LogP) is 0.301. The van der Waals surface area contributed by atoms with Crippen molar-refractivity contribution in [1.29, 1.82) is 0 Å². The molecule has 0 aliphatic carbocycles. The monoisotopic (exact) mass is 223 g/mol. The second-order valence-corrected chi connectivity index (χ2v) is 3.53. The molecule has 1 atom stereocenters. The highest BCUT2D eigenvalue weighted by atomic mass is 16.5. The van der Waals surface area contributed by atoms with E-state index in [1.165, 1.54) is 0 Å². The van der Waals surface area contributed by atoms with Crippen LogP contribution in [-0.2, 0) is 11.3 Å². The maximum atomic E-state index is 11.5. The number of amides is 1. The van der Waals surface area contributed by atoms with Crippen LogP contribution in [0.5, 0.6) is 5.88 Å². The molecule has 3 N–H and O–H groups in total. The van der Waals surface area contributed by atoms with Crippen molar-refractivity contribution in [2.75, 3.05) is 13.7 Å². The molecule has 1 aromatic heterocycles. The molecule has 0 saturated carbocycles. The van der Waals surface area contributed by atoms with Gasteiger partial charge in [0.15, 0.2) is 0 Å². The summed E-state index contributed by atoms with van der Waals surface area (Å²) in [7, 11) is 1.55. The summed E-state index contributed by atoms with van der Waals surface area (Å²) in [5.41, 5.74) is 6.25. The highest BCUT2D eigenvalue weighted by Crippen LogP contribution is 2.12. The lowest BCUT2D eigenvalue weighted by Gasteiger charge is -2.11. The average Bonchev–Trinajstić information content (AvgIpc) is 2.35. The number of ether oxygens (including phenoxy) is 1. The molecule has 5 heteroatoms. The number of carbonyl (C=O) groups is 1. The van der Waals surface area contributed by atoms with Crippen LogP contribution in [-0.4, -0.2) is 24.5 Å². The van der Waals surface area contributed by atoms with Gasteiger partial charge in [-0.1, -0.05) is 13.0 Å². The van der Waals surface area contributed by atoms with Gasteiger partial charge >= 0.3 is 0 Å². The summed E-state index contributed by atoms with van der Waals surface area (Å²) >= 11 is 0. The van der Waals surface area contributed by atoms with E-state index in [4.69, 9.17) is 10.5 Å². The second kappa shape index (κ2) is 6.07. The number of nitrogens with zero attached hydrogens (tertiary/aromatic N) is 1. The van der Waals surface area contributed by atoms with E-state index in [0.717, 1.165) is 5.56 Å². The molecule has 0 saturated heterocycles. The minimum absolute atomic E-state index is 0.0617. The average molecular weight is 223 g/mol. The molecule has 0 bridgehead atoms. The number of pyridine rings is 1. The summed E-state index contributed by atoms with van der Waals surface area (Å²) in [5, 5.41) is 2.79. The number of hydrogen-bond acceptors (Lipinski definition) is 4. The molecule has 1 rings (SSSR count). The summed E-state index contributed by atoms with van der Waals surface area (Å²) < 4.78 is 5.08. The van der Waals surface area contributed by atoms with Gasteiger partial charge in [0.2, 0.25) is 11.8 Å². The van der Waals surface area contributed by atoms with E-state index in [9.17, 15) is 4.79 Å². The zero-order valence-corrected chi connectivity index (χ0v) is 9.56. The van der Waals surface area contributed by atoms with Crippen molar-refractivity contribution in [1.82, 2.24) is 10.3 Å². The Kier molecular flexibility index (Phi) is 4.72. The molecule has 0 radical (unpaired) electrons. The number of rotatable bonds is 5. The highest BCUT2D eigenvalue weighted by Gasteiger charge is 2.11. The van der Waals surface area contributed by atoms with Crippen LogP contribution in [0.4, 0.5) is 0 Å². The van der Waals surface area contributed by atoms with Crippen molar-refractivity contribution in [3.8, 4) is 5.88 Å². The van der Waals surface area contributed by atoms with Crippen LogP contribution >= 0.6 is 0 Å². The first-order valence-corrected chi connectivity index (χ1v) is 5.14. The second-order valence-electron chi connectivity index (χ2n) is 3.53. The van der Waals surface area contributed by atoms with Gasteiger partial charge < -0.3 is 15.8 Å². The van der Waals surface area contributed by atoms with Gasteiger partial charge in [0.1, 0.15) is 0 Å². The van der Waals surface area contributed by atoms with E-state index in [0.29, 0.717) is 19.0 Å². The maximum absolute atomic E-state index is 11.5. The Hall–Kier alpha value is -1.62. The lowest BCUT2D eigenvalue weighted by molar-refractivity contribution is -0.124. The molecule has 16 heavy (non-hydrogen) atoms. The predicted molar refractivity (Wildman–Crippen MR) is 60.9 cm³/mol. The Bertz CT molecular complexity index is 355. The molecule has 0 aromatic carbocycles. The Labute approximate surface area is 95.0 Å². The third-order valence-corrected chi connectivity index (χ3v) is 2.30. The van der Waals surface area contributed by atoms with Crippen LogP contribution in [0.15, 0.2) is 18.3 Å². The normalized spacial score (nSPS) is 11.9. The molecule has 1 amide bonds. The number of nitrogens with one attached hydrogen (secondary N) is 1. The van der Waals surface area contributed by atoms with Gasteiger partial charge in [0.05, 0.1) is 7.11 Å². The van der Waals surface area contributed by atoms with Crippen molar-refractivity contribution in [2.24, 2.45) is 11.7 Å². The van der Waals surface area contributed by atoms with Crippen LogP contribution in [0.3, 0.4) is 0 Å². The van der Waals surface area contributed by atoms with Gasteiger partial charge in [0, 0.05) is 30.8 Å². The van der Waals surface area contributed by atoms with Gasteiger partial charge in [-0.05, 0) is 6.07 Å². The van der Waals surface area contributed by atoms with Crippen molar-refractivity contribution in [2.45, 2.75) is 13.5 Å². The first kappa shape index (κ1) is 12.4. The van der Waals surface area contributed by atoms with Crippen molar-refractivity contribution in [3.05, 3.63) is 23.9 Å². The van der Waals surface area contributed by atoms with Crippen molar-refractivity contribution in [3.63, 3.8) is 0 Å². The fourth-order valence-corrected chi connectivity index (χ4v) is 1.21. The minimum Gasteiger partial charge on any atom is -0.481 e. The van der Waals surface area contributed by atoms with Crippen LogP contribution < -0.4 is 15.8 Å². The molecule has 1 heterocycles. The van der Waals surface area contributed by atoms with Gasteiger partial charge in [-0.2, -0.15) is 0 Å². The summed E-state index contributed by atoms with van der Waals surface area (Å²) in [6, 6.07) is 3.66. The number of methoxy groups -OCH3 is 1. The first-order valence-electron chi connectivity index (χ1n) is 5.14. The minimum atomic E-state index is -0.178. The summed E-state index contributed by atoms with van der Waals surface area (Å²) in [4.78, 5) is 15.5. The van der Waals surface area contributed by atoms with Gasteiger partial charge in [-0.15, -0.1) is 0 Å². The Morgan fingerprint density at radius 1 is 1.69 bits per heavy atom. The van der Waals surface area contributed by atoms with E-state index in [2.05, 4.69) is 10.3 Å². The van der Waals surface area contributed by atoms with Gasteiger partial charge in [0.25, 0.3) is 0 Å². The molecule has 1 unspecified atom stereocenters. The zero-order valence-electron chi connectivity index (χ0n) is 9.56. The summed E-state index contributed by atoms with van der Waals surface area (Å²) in [6.07, 6.45) is 1.65. The lowest BCUT2D eigenvalue weighted by Crippen LogP contribution is -2.32. The molecular weight excluding hydrogens is 206 g/mol. The Balaban J connectivity index is 2.57. The fraction of sp³-hybridized carbons (Fsp3) is 0.455. The van der Waals surface area contributed by atoms with E-state index >= 15 is 0 Å². The van der Waals surface area contributed by atoms with Crippen LogP contribution in [0, 0.1) is 5.92 Å². The number of aromatic nitrogens is 1. The smallest absolute Gasteiger partial charge is 0.224 e. The Morgan fingerprint density at radius 2 is 2.44 bits per heavy atom. The lowest BCUT2D eigenvalue weighted by atomic mass is 10.1. The Morgan fingerprint density at radius 3 is 3.06 bits per heavy atom. The van der Waals surface area contributed by atoms with Crippen molar-refractivity contribution < 1.29 is 9.53 Å². The third kappa shape index (κ3) is 3.20. The number of carbonyl (C=O) groups excluding carboxylic acids is 1. The van der Waals surface area contributed by atoms with Crippen molar-refractivity contribution >= 4 is 5.91 Å². The van der Waals surface area contributed by atoms with Crippen LogP contribution in [0.1, 0.15) is 12.5 Å². The largest absolute Gasteiger partial charge is 0.481 e. The fourth-order valence-electron chi connectivity index (χ4n) is 1.21. The van der Waals surface area contributed by atoms with E-state index in [1.54, 1.807) is 26.3 Å². The zero-order chi connectivity index (χ0) is 12.0. The van der Waals surface area contributed by atoms with E-state index in [-0.39, 0.29) is 11.8 Å². The quantitative estimate of drug-likeness (QED) is 0.752. The number of hydrogen-bond donors (Lipinski definition) is 2. The summed E-state index contributed by atoms with van der Waals surface area (Å²) in [6.45, 7) is 2.53. The third-order valence-electron chi connectivity index (χ3n) is 2.30. The molecule has 0 fully saturated rings. The van der Waals surface area contributed by atoms with Gasteiger partial charge in [-0.3, -0.25) is 4.79 Å². The molecule has 0 spiro atoms. The topological polar surface area (TPSA) is 77.2 Å². The van der Waals surface area contributed by atoms with Crippen LogP contribution in [0.2, 0.25) is 0 Å². The molecule has 0 aliphatic rings. The maximum Gasteiger partial charge on any atom is 0.224 e. The molecule has 88 valence electrons. The molecule has 1 aromatic rings. The SMILES string of the molecule is COc1ncccc1CNC(=O)C(C)CN. The molecular formula is C11H17N3O2.